The zero-order chi connectivity index (χ0) is 29.2. The third kappa shape index (κ3) is 25.2. The molecule has 0 fully saturated rings. The van der Waals surface area contributed by atoms with E-state index >= 15 is 0 Å². The number of azide groups is 4. The average Bonchev–Trinajstić information content (AvgIpc) is 2.96. The molecule has 0 aliphatic heterocycles. The molecule has 20 heteroatoms. The van der Waals surface area contributed by atoms with E-state index in [0.717, 1.165) is 0 Å². The Morgan fingerprint density at radius 3 is 1.00 bits per heavy atom. The van der Waals surface area contributed by atoms with Gasteiger partial charge in [-0.1, -0.05) is 20.5 Å². The van der Waals surface area contributed by atoms with Gasteiger partial charge in [-0.15, -0.1) is 0 Å². The Balaban J connectivity index is 4.93. The van der Waals surface area contributed by atoms with Crippen LogP contribution < -0.4 is 0 Å². The fraction of sp³-hybridized carbons (Fsp3) is 1.00. The van der Waals surface area contributed by atoms with Crippen molar-refractivity contribution in [3.8, 4) is 0 Å². The topological polar surface area (TPSA) is 269 Å². The Morgan fingerprint density at radius 1 is 0.375 bits per heavy atom. The summed E-state index contributed by atoms with van der Waals surface area (Å²) in [6, 6.07) is 0. The Kier molecular flexibility index (Phi) is 28.1. The number of nitrogens with zero attached hydrogens (tertiary/aromatic N) is 12. The van der Waals surface area contributed by atoms with Crippen molar-refractivity contribution in [2.24, 2.45) is 25.9 Å². The molecule has 40 heavy (non-hydrogen) atoms. The maximum Gasteiger partial charge on any atom is 0.126 e. The molecule has 20 nitrogen and oxygen atoms in total. The maximum absolute atomic E-state index is 8.32. The lowest BCUT2D eigenvalue weighted by Crippen LogP contribution is -2.43. The SMILES string of the molecule is [N-]=[N+]=NCCOCCOCC(COCCOCCN=[N+]=[N-])(COCCOCCN=[N+]=[N-])COCCOCN=[N+]=[N-]. The molecule has 0 aliphatic rings. The highest BCUT2D eigenvalue weighted by atomic mass is 16.6. The number of hydrogen-bond donors (Lipinski definition) is 0. The third-order valence-electron chi connectivity index (χ3n) is 4.53. The summed E-state index contributed by atoms with van der Waals surface area (Å²) in [7, 11) is 0. The fourth-order valence-electron chi connectivity index (χ4n) is 2.76. The molecule has 0 rings (SSSR count). The van der Waals surface area contributed by atoms with E-state index in [1.54, 1.807) is 0 Å². The molecule has 0 bridgehead atoms. The molecule has 0 heterocycles. The van der Waals surface area contributed by atoms with Crippen LogP contribution in [0.15, 0.2) is 20.5 Å². The van der Waals surface area contributed by atoms with Gasteiger partial charge in [0.15, 0.2) is 0 Å². The van der Waals surface area contributed by atoms with E-state index in [9.17, 15) is 0 Å². The van der Waals surface area contributed by atoms with Gasteiger partial charge in [0.25, 0.3) is 0 Å². The summed E-state index contributed by atoms with van der Waals surface area (Å²) < 4.78 is 44.7. The van der Waals surface area contributed by atoms with E-state index in [-0.39, 0.29) is 106 Å². The van der Waals surface area contributed by atoms with Crippen LogP contribution in [-0.4, -0.2) is 125 Å². The highest BCUT2D eigenvalue weighted by Crippen LogP contribution is 2.21. The van der Waals surface area contributed by atoms with Crippen molar-refractivity contribution in [3.63, 3.8) is 0 Å². The Hall–Kier alpha value is -3.08. The molecule has 0 saturated heterocycles. The van der Waals surface area contributed by atoms with Crippen LogP contribution in [0, 0.1) is 5.41 Å². The van der Waals surface area contributed by atoms with Gasteiger partial charge in [-0.3, -0.25) is 0 Å². The quantitative estimate of drug-likeness (QED) is 0.0511. The molecule has 0 aromatic heterocycles. The van der Waals surface area contributed by atoms with Crippen molar-refractivity contribution < 1.29 is 37.9 Å². The van der Waals surface area contributed by atoms with Crippen LogP contribution in [0.1, 0.15) is 0 Å². The zero-order valence-electron chi connectivity index (χ0n) is 22.6. The van der Waals surface area contributed by atoms with E-state index < -0.39 is 5.41 Å². The predicted octanol–water partition coefficient (Wildman–Crippen LogP) is 3.30. The summed E-state index contributed by atoms with van der Waals surface area (Å²) >= 11 is 0. The molecule has 0 saturated carbocycles. The Labute approximate surface area is 231 Å². The van der Waals surface area contributed by atoms with E-state index in [1.165, 1.54) is 0 Å². The average molecular weight is 575 g/mol. The van der Waals surface area contributed by atoms with Crippen LogP contribution in [-0.2, 0) is 37.9 Å². The largest absolute Gasteiger partial charge is 0.379 e. The first-order chi connectivity index (χ1) is 19.7. The molecule has 0 amide bonds. The molecule has 0 aromatic rings. The second-order valence-electron chi connectivity index (χ2n) is 7.68. The van der Waals surface area contributed by atoms with Gasteiger partial charge in [-0.2, -0.15) is 0 Å². The van der Waals surface area contributed by atoms with E-state index in [1.807, 2.05) is 0 Å². The van der Waals surface area contributed by atoms with Gasteiger partial charge in [-0.25, -0.2) is 0 Å². The molecule has 0 unspecified atom stereocenters. The number of hydrogen-bond acceptors (Lipinski definition) is 12. The second kappa shape index (κ2) is 30.5. The summed E-state index contributed by atoms with van der Waals surface area (Å²) in [5.41, 5.74) is 32.5. The van der Waals surface area contributed by atoms with Crippen LogP contribution in [0.4, 0.5) is 0 Å². The molecule has 0 atom stereocenters. The normalized spacial score (nSPS) is 11.9. The first-order valence-corrected chi connectivity index (χ1v) is 12.4. The molecular weight excluding hydrogens is 536 g/mol. The predicted molar refractivity (Wildman–Crippen MR) is 140 cm³/mol. The van der Waals surface area contributed by atoms with Crippen molar-refractivity contribution in [2.75, 3.05) is 125 Å². The lowest BCUT2D eigenvalue weighted by atomic mass is 9.92. The van der Waals surface area contributed by atoms with Crippen LogP contribution in [0.25, 0.3) is 41.8 Å². The van der Waals surface area contributed by atoms with Gasteiger partial charge in [0, 0.05) is 39.3 Å². The Bertz CT molecular complexity index is 721. The molecule has 0 N–H and O–H groups in total. The minimum absolute atomic E-state index is 0.0978. The van der Waals surface area contributed by atoms with E-state index in [4.69, 9.17) is 60.0 Å². The summed E-state index contributed by atoms with van der Waals surface area (Å²) in [4.78, 5) is 10.6. The minimum atomic E-state index is -0.716. The monoisotopic (exact) mass is 574 g/mol. The standard InChI is InChI=1S/C20H38N12O8/c21-29-25-1-4-33-7-10-36-15-20(18-39-13-14-40-19-28-32-24,16-37-11-8-34-5-2-26-30-22)17-38-12-9-35-6-3-27-31-23/h1-19H2. The summed E-state index contributed by atoms with van der Waals surface area (Å²) in [5.74, 6) is 0. The van der Waals surface area contributed by atoms with Crippen LogP contribution in [0.3, 0.4) is 0 Å². The lowest BCUT2D eigenvalue weighted by molar-refractivity contribution is -0.121. The highest BCUT2D eigenvalue weighted by molar-refractivity contribution is 4.79. The number of rotatable bonds is 31. The van der Waals surface area contributed by atoms with Crippen molar-refractivity contribution in [3.05, 3.63) is 41.8 Å². The maximum atomic E-state index is 8.32. The summed E-state index contributed by atoms with van der Waals surface area (Å²) in [6.07, 6.45) is 0. The molecule has 0 radical (unpaired) electrons. The molecule has 0 aromatic carbocycles. The molecule has 226 valence electrons. The minimum Gasteiger partial charge on any atom is -0.379 e. The summed E-state index contributed by atoms with van der Waals surface area (Å²) in [5, 5.41) is 13.5. The smallest absolute Gasteiger partial charge is 0.126 e. The van der Waals surface area contributed by atoms with Crippen molar-refractivity contribution in [1.82, 2.24) is 0 Å². The van der Waals surface area contributed by atoms with Gasteiger partial charge < -0.3 is 37.9 Å². The highest BCUT2D eigenvalue weighted by Gasteiger charge is 2.32. The number of ether oxygens (including phenoxy) is 8. The fourth-order valence-corrected chi connectivity index (χ4v) is 2.76. The van der Waals surface area contributed by atoms with Crippen molar-refractivity contribution in [2.45, 2.75) is 0 Å². The molecule has 0 spiro atoms. The third-order valence-corrected chi connectivity index (χ3v) is 4.53. The first-order valence-electron chi connectivity index (χ1n) is 12.4. The van der Waals surface area contributed by atoms with Gasteiger partial charge in [0.1, 0.15) is 6.73 Å². The second-order valence-corrected chi connectivity index (χ2v) is 7.68. The summed E-state index contributed by atoms with van der Waals surface area (Å²) in [6.45, 7) is 4.43. The van der Waals surface area contributed by atoms with Gasteiger partial charge in [-0.05, 0) is 22.1 Å². The van der Waals surface area contributed by atoms with E-state index in [0.29, 0.717) is 19.8 Å². The Morgan fingerprint density at radius 2 is 0.675 bits per heavy atom. The van der Waals surface area contributed by atoms with Gasteiger partial charge in [0.2, 0.25) is 0 Å². The van der Waals surface area contributed by atoms with Crippen LogP contribution in [0.2, 0.25) is 0 Å². The van der Waals surface area contributed by atoms with Crippen LogP contribution >= 0.6 is 0 Å². The molecule has 0 aliphatic carbocycles. The van der Waals surface area contributed by atoms with Crippen LogP contribution in [0.5, 0.6) is 0 Å². The first kappa shape index (κ1) is 36.9. The molecular formula is C20H38N12O8. The van der Waals surface area contributed by atoms with Gasteiger partial charge >= 0.3 is 0 Å². The zero-order valence-corrected chi connectivity index (χ0v) is 22.6. The lowest BCUT2D eigenvalue weighted by Gasteiger charge is -2.33. The van der Waals surface area contributed by atoms with Gasteiger partial charge in [0.05, 0.1) is 105 Å². The van der Waals surface area contributed by atoms with Crippen molar-refractivity contribution in [1.29, 1.82) is 0 Å². The van der Waals surface area contributed by atoms with Crippen molar-refractivity contribution >= 4 is 0 Å². The van der Waals surface area contributed by atoms with E-state index in [2.05, 4.69) is 40.1 Å².